The first-order valence-corrected chi connectivity index (χ1v) is 6.61. The van der Waals surface area contributed by atoms with Crippen molar-refractivity contribution < 1.29 is 5.11 Å². The molecular formula is C15H15N5O. The number of aryl methyl sites for hydroxylation is 2. The van der Waals surface area contributed by atoms with Crippen LogP contribution in [0.5, 0.6) is 5.75 Å². The highest BCUT2D eigenvalue weighted by Crippen LogP contribution is 2.21. The number of phenolic OH excluding ortho intramolecular Hbond substituents is 1. The molecule has 6 heteroatoms. The number of aromatic nitrogens is 5. The van der Waals surface area contributed by atoms with Gasteiger partial charge in [0.2, 0.25) is 5.82 Å². The normalized spacial score (nSPS) is 10.8. The summed E-state index contributed by atoms with van der Waals surface area (Å²) < 4.78 is 0. The summed E-state index contributed by atoms with van der Waals surface area (Å²) in [4.78, 5) is 5.59. The summed E-state index contributed by atoms with van der Waals surface area (Å²) in [5, 5.41) is 22.2. The van der Waals surface area contributed by atoms with Gasteiger partial charge in [-0.1, -0.05) is 6.07 Å². The van der Waals surface area contributed by atoms with E-state index >= 15 is 0 Å². The lowest BCUT2D eigenvalue weighted by Gasteiger charge is -2.07. The lowest BCUT2D eigenvalue weighted by Crippen LogP contribution is -2.06. The minimum Gasteiger partial charge on any atom is -0.508 e. The van der Waals surface area contributed by atoms with Crippen molar-refractivity contribution in [2.24, 2.45) is 0 Å². The Morgan fingerprint density at radius 3 is 2.81 bits per heavy atom. The number of hydrogen-bond donors (Lipinski definition) is 1. The molecule has 0 saturated carbocycles. The molecule has 0 atom stereocenters. The highest BCUT2D eigenvalue weighted by atomic mass is 16.3. The molecule has 0 fully saturated rings. The summed E-state index contributed by atoms with van der Waals surface area (Å²) in [5.41, 5.74) is 3.73. The molecule has 0 aliphatic heterocycles. The first kappa shape index (κ1) is 13.2. The van der Waals surface area contributed by atoms with E-state index in [9.17, 15) is 5.11 Å². The van der Waals surface area contributed by atoms with Gasteiger partial charge in [-0.25, -0.2) is 0 Å². The average molecular weight is 281 g/mol. The van der Waals surface area contributed by atoms with Crippen LogP contribution >= 0.6 is 0 Å². The molecule has 21 heavy (non-hydrogen) atoms. The highest BCUT2D eigenvalue weighted by molar-refractivity contribution is 5.51. The number of tetrazole rings is 1. The quantitative estimate of drug-likeness (QED) is 0.795. The largest absolute Gasteiger partial charge is 0.508 e. The van der Waals surface area contributed by atoms with Crippen molar-refractivity contribution in [2.45, 2.75) is 20.4 Å². The Kier molecular flexibility index (Phi) is 3.35. The van der Waals surface area contributed by atoms with Crippen LogP contribution in [0.4, 0.5) is 0 Å². The fourth-order valence-corrected chi connectivity index (χ4v) is 2.10. The lowest BCUT2D eigenvalue weighted by molar-refractivity contribution is 0.469. The molecule has 0 aliphatic carbocycles. The van der Waals surface area contributed by atoms with Gasteiger partial charge in [0.05, 0.1) is 6.54 Å². The summed E-state index contributed by atoms with van der Waals surface area (Å²) in [7, 11) is 0. The molecule has 6 nitrogen and oxygen atoms in total. The number of pyridine rings is 1. The van der Waals surface area contributed by atoms with Crippen LogP contribution < -0.4 is 0 Å². The van der Waals surface area contributed by atoms with Gasteiger partial charge in [0.1, 0.15) is 5.75 Å². The van der Waals surface area contributed by atoms with Gasteiger partial charge < -0.3 is 5.11 Å². The molecule has 0 unspecified atom stereocenters. The van der Waals surface area contributed by atoms with E-state index in [1.54, 1.807) is 23.3 Å². The Balaban J connectivity index is 1.87. The monoisotopic (exact) mass is 281 g/mol. The minimum atomic E-state index is 0.304. The van der Waals surface area contributed by atoms with E-state index in [0.717, 1.165) is 22.3 Å². The summed E-state index contributed by atoms with van der Waals surface area (Å²) in [6, 6.07) is 7.43. The Hall–Kier alpha value is -2.76. The lowest BCUT2D eigenvalue weighted by atomic mass is 10.0. The number of rotatable bonds is 3. The van der Waals surface area contributed by atoms with Gasteiger partial charge in [-0.15, -0.1) is 10.2 Å². The van der Waals surface area contributed by atoms with Crippen molar-refractivity contribution >= 4 is 0 Å². The van der Waals surface area contributed by atoms with Crippen molar-refractivity contribution in [3.63, 3.8) is 0 Å². The second-order valence-corrected chi connectivity index (χ2v) is 4.95. The number of hydrogen-bond acceptors (Lipinski definition) is 5. The fourth-order valence-electron chi connectivity index (χ4n) is 2.10. The Morgan fingerprint density at radius 2 is 2.05 bits per heavy atom. The topological polar surface area (TPSA) is 76.7 Å². The van der Waals surface area contributed by atoms with Crippen molar-refractivity contribution in [1.82, 2.24) is 25.2 Å². The maximum Gasteiger partial charge on any atom is 0.206 e. The van der Waals surface area contributed by atoms with Crippen molar-refractivity contribution in [1.29, 1.82) is 0 Å². The Labute approximate surface area is 122 Å². The van der Waals surface area contributed by atoms with E-state index in [-0.39, 0.29) is 0 Å². The van der Waals surface area contributed by atoms with Gasteiger partial charge in [0.15, 0.2) is 0 Å². The van der Waals surface area contributed by atoms with Gasteiger partial charge >= 0.3 is 0 Å². The highest BCUT2D eigenvalue weighted by Gasteiger charge is 2.09. The molecule has 3 rings (SSSR count). The third kappa shape index (κ3) is 2.74. The second kappa shape index (κ2) is 5.32. The minimum absolute atomic E-state index is 0.304. The predicted molar refractivity (Wildman–Crippen MR) is 77.7 cm³/mol. The van der Waals surface area contributed by atoms with Crippen LogP contribution in [0, 0.1) is 13.8 Å². The second-order valence-electron chi connectivity index (χ2n) is 4.95. The molecule has 1 aromatic carbocycles. The molecule has 2 aromatic heterocycles. The standard InChI is InChI=1S/C15H15N5O/c1-10-7-14(21)11(2)6-13(10)9-20-18-15(17-19-20)12-4-3-5-16-8-12/h3-8,21H,9H2,1-2H3. The molecule has 1 N–H and O–H groups in total. The molecule has 0 radical (unpaired) electrons. The molecule has 106 valence electrons. The zero-order valence-electron chi connectivity index (χ0n) is 11.9. The maximum atomic E-state index is 9.69. The van der Waals surface area contributed by atoms with E-state index in [2.05, 4.69) is 20.4 Å². The average Bonchev–Trinajstić information content (AvgIpc) is 2.94. The van der Waals surface area contributed by atoms with Gasteiger partial charge in [-0.3, -0.25) is 4.98 Å². The van der Waals surface area contributed by atoms with Crippen molar-refractivity contribution in [2.75, 3.05) is 0 Å². The van der Waals surface area contributed by atoms with Crippen LogP contribution in [-0.2, 0) is 6.54 Å². The maximum absolute atomic E-state index is 9.69. The van der Waals surface area contributed by atoms with Crippen LogP contribution in [0.1, 0.15) is 16.7 Å². The number of aromatic hydroxyl groups is 1. The first-order valence-electron chi connectivity index (χ1n) is 6.61. The van der Waals surface area contributed by atoms with Crippen LogP contribution in [0.2, 0.25) is 0 Å². The zero-order valence-corrected chi connectivity index (χ0v) is 11.9. The third-order valence-corrected chi connectivity index (χ3v) is 3.34. The third-order valence-electron chi connectivity index (χ3n) is 3.34. The fraction of sp³-hybridized carbons (Fsp3) is 0.200. The Bertz CT molecular complexity index is 767. The van der Waals surface area contributed by atoms with Crippen molar-refractivity contribution in [3.8, 4) is 17.1 Å². The van der Waals surface area contributed by atoms with E-state index in [4.69, 9.17) is 0 Å². The molecule has 0 bridgehead atoms. The first-order chi connectivity index (χ1) is 10.1. The summed E-state index contributed by atoms with van der Waals surface area (Å²) in [6.45, 7) is 4.34. The van der Waals surface area contributed by atoms with Gasteiger partial charge in [0.25, 0.3) is 0 Å². The Morgan fingerprint density at radius 1 is 1.19 bits per heavy atom. The van der Waals surface area contributed by atoms with E-state index in [1.165, 1.54) is 0 Å². The molecule has 3 aromatic rings. The van der Waals surface area contributed by atoms with Gasteiger partial charge in [-0.2, -0.15) is 4.80 Å². The zero-order chi connectivity index (χ0) is 14.8. The molecule has 0 amide bonds. The van der Waals surface area contributed by atoms with Gasteiger partial charge in [-0.05, 0) is 54.0 Å². The van der Waals surface area contributed by atoms with E-state index in [1.807, 2.05) is 32.0 Å². The van der Waals surface area contributed by atoms with Gasteiger partial charge in [0, 0.05) is 18.0 Å². The number of benzene rings is 1. The number of phenols is 1. The predicted octanol–water partition coefficient (Wildman–Crippen LogP) is 2.11. The van der Waals surface area contributed by atoms with Crippen molar-refractivity contribution in [3.05, 3.63) is 53.3 Å². The molecular weight excluding hydrogens is 266 g/mol. The van der Waals surface area contributed by atoms with E-state index in [0.29, 0.717) is 18.1 Å². The SMILES string of the molecule is Cc1cc(Cn2nnc(-c3cccnc3)n2)c(C)cc1O. The smallest absolute Gasteiger partial charge is 0.206 e. The summed E-state index contributed by atoms with van der Waals surface area (Å²) >= 11 is 0. The molecule has 0 saturated heterocycles. The number of nitrogens with zero attached hydrogens (tertiary/aromatic N) is 5. The van der Waals surface area contributed by atoms with Crippen LogP contribution in [0.15, 0.2) is 36.7 Å². The van der Waals surface area contributed by atoms with Crippen LogP contribution in [0.25, 0.3) is 11.4 Å². The van der Waals surface area contributed by atoms with E-state index < -0.39 is 0 Å². The van der Waals surface area contributed by atoms with Crippen LogP contribution in [0.3, 0.4) is 0 Å². The molecule has 0 spiro atoms. The summed E-state index contributed by atoms with van der Waals surface area (Å²) in [5.74, 6) is 0.857. The summed E-state index contributed by atoms with van der Waals surface area (Å²) in [6.07, 6.45) is 3.41. The van der Waals surface area contributed by atoms with Crippen LogP contribution in [-0.4, -0.2) is 30.3 Å². The molecule has 2 heterocycles. The molecule has 0 aliphatic rings.